The van der Waals surface area contributed by atoms with Gasteiger partial charge in [0.05, 0.1) is 0 Å². The molecule has 0 saturated carbocycles. The fourth-order valence-electron chi connectivity index (χ4n) is 2.84. The van der Waals surface area contributed by atoms with E-state index in [0.29, 0.717) is 5.75 Å². The third-order valence-corrected chi connectivity index (χ3v) is 4.06. The van der Waals surface area contributed by atoms with Crippen LogP contribution in [0.4, 0.5) is 5.95 Å². The summed E-state index contributed by atoms with van der Waals surface area (Å²) in [5, 5.41) is 9.47. The van der Waals surface area contributed by atoms with E-state index in [1.165, 1.54) is 5.56 Å². The molecular formula is C17H22N4O. The molecule has 5 heteroatoms. The summed E-state index contributed by atoms with van der Waals surface area (Å²) >= 11 is 0. The minimum absolute atomic E-state index is 0.356. The van der Waals surface area contributed by atoms with E-state index in [1.807, 2.05) is 18.2 Å². The molecule has 0 bridgehead atoms. The van der Waals surface area contributed by atoms with Crippen molar-refractivity contribution in [3.05, 3.63) is 48.3 Å². The number of phenols is 1. The molecule has 1 fully saturated rings. The zero-order valence-corrected chi connectivity index (χ0v) is 12.7. The number of benzene rings is 1. The van der Waals surface area contributed by atoms with Crippen molar-refractivity contribution in [1.29, 1.82) is 0 Å². The average Bonchev–Trinajstić information content (AvgIpc) is 2.56. The second-order valence-electron chi connectivity index (χ2n) is 5.65. The Morgan fingerprint density at radius 2 is 1.77 bits per heavy atom. The molecule has 0 amide bonds. The van der Waals surface area contributed by atoms with Crippen molar-refractivity contribution in [1.82, 2.24) is 14.9 Å². The molecular weight excluding hydrogens is 276 g/mol. The topological polar surface area (TPSA) is 52.5 Å². The van der Waals surface area contributed by atoms with Crippen molar-refractivity contribution >= 4 is 5.95 Å². The first kappa shape index (κ1) is 14.8. The first-order chi connectivity index (χ1) is 10.8. The molecule has 1 aliphatic heterocycles. The Kier molecular flexibility index (Phi) is 4.85. The molecule has 1 aromatic carbocycles. The molecule has 0 unspecified atom stereocenters. The van der Waals surface area contributed by atoms with Crippen LogP contribution >= 0.6 is 0 Å². The molecule has 1 aliphatic rings. The van der Waals surface area contributed by atoms with Gasteiger partial charge in [0.25, 0.3) is 0 Å². The Bertz CT molecular complexity index is 582. The molecule has 2 heterocycles. The second kappa shape index (κ2) is 7.22. The van der Waals surface area contributed by atoms with Crippen LogP contribution in [0.3, 0.4) is 0 Å². The number of piperazine rings is 1. The van der Waals surface area contributed by atoms with Crippen molar-refractivity contribution in [2.24, 2.45) is 0 Å². The lowest BCUT2D eigenvalue weighted by Crippen LogP contribution is -2.47. The summed E-state index contributed by atoms with van der Waals surface area (Å²) in [5.41, 5.74) is 1.20. The zero-order valence-electron chi connectivity index (χ0n) is 12.7. The lowest BCUT2D eigenvalue weighted by Gasteiger charge is -2.34. The number of hydrogen-bond donors (Lipinski definition) is 1. The van der Waals surface area contributed by atoms with Crippen molar-refractivity contribution in [2.45, 2.75) is 12.8 Å². The van der Waals surface area contributed by atoms with Gasteiger partial charge in [0.2, 0.25) is 5.95 Å². The number of hydrogen-bond acceptors (Lipinski definition) is 5. The van der Waals surface area contributed by atoms with E-state index in [-0.39, 0.29) is 0 Å². The van der Waals surface area contributed by atoms with Crippen LogP contribution < -0.4 is 4.90 Å². The number of anilines is 1. The molecule has 0 spiro atoms. The number of nitrogens with zero attached hydrogens (tertiary/aromatic N) is 4. The summed E-state index contributed by atoms with van der Waals surface area (Å²) in [5.74, 6) is 1.19. The van der Waals surface area contributed by atoms with Crippen molar-refractivity contribution < 1.29 is 5.11 Å². The Morgan fingerprint density at radius 3 is 2.50 bits per heavy atom. The van der Waals surface area contributed by atoms with Gasteiger partial charge in [-0.25, -0.2) is 9.97 Å². The molecule has 116 valence electrons. The highest BCUT2D eigenvalue weighted by molar-refractivity contribution is 5.29. The van der Waals surface area contributed by atoms with E-state index < -0.39 is 0 Å². The van der Waals surface area contributed by atoms with Gasteiger partial charge in [0.15, 0.2) is 0 Å². The maximum atomic E-state index is 9.47. The summed E-state index contributed by atoms with van der Waals surface area (Å²) < 4.78 is 0. The summed E-state index contributed by atoms with van der Waals surface area (Å²) in [6, 6.07) is 9.40. The lowest BCUT2D eigenvalue weighted by molar-refractivity contribution is 0.254. The van der Waals surface area contributed by atoms with Gasteiger partial charge in [0, 0.05) is 38.6 Å². The van der Waals surface area contributed by atoms with Gasteiger partial charge in [0.1, 0.15) is 5.75 Å². The quantitative estimate of drug-likeness (QED) is 0.914. The van der Waals surface area contributed by atoms with E-state index in [1.54, 1.807) is 18.5 Å². The van der Waals surface area contributed by atoms with E-state index in [9.17, 15) is 5.11 Å². The summed E-state index contributed by atoms with van der Waals surface area (Å²) in [6.07, 6.45) is 5.72. The van der Waals surface area contributed by atoms with Crippen molar-refractivity contribution in [3.63, 3.8) is 0 Å². The third kappa shape index (κ3) is 3.95. The van der Waals surface area contributed by atoms with Gasteiger partial charge in [-0.1, -0.05) is 12.1 Å². The SMILES string of the molecule is Oc1cccc(CCCN2CCN(c3ncccn3)CC2)c1. The van der Waals surface area contributed by atoms with Crippen LogP contribution in [-0.4, -0.2) is 52.7 Å². The minimum Gasteiger partial charge on any atom is -0.508 e. The highest BCUT2D eigenvalue weighted by atomic mass is 16.3. The van der Waals surface area contributed by atoms with Crippen LogP contribution in [-0.2, 0) is 6.42 Å². The van der Waals surface area contributed by atoms with Crippen LogP contribution in [0.5, 0.6) is 5.75 Å². The first-order valence-corrected chi connectivity index (χ1v) is 7.83. The Balaban J connectivity index is 1.41. The molecule has 5 nitrogen and oxygen atoms in total. The summed E-state index contributed by atoms with van der Waals surface area (Å²) in [4.78, 5) is 13.4. The zero-order chi connectivity index (χ0) is 15.2. The number of rotatable bonds is 5. The Hall–Kier alpha value is -2.14. The molecule has 22 heavy (non-hydrogen) atoms. The predicted molar refractivity (Wildman–Crippen MR) is 87.1 cm³/mol. The van der Waals surface area contributed by atoms with E-state index in [0.717, 1.165) is 51.5 Å². The molecule has 1 N–H and O–H groups in total. The second-order valence-corrected chi connectivity index (χ2v) is 5.65. The van der Waals surface area contributed by atoms with Gasteiger partial charge in [-0.2, -0.15) is 0 Å². The Morgan fingerprint density at radius 1 is 1.00 bits per heavy atom. The van der Waals surface area contributed by atoms with Gasteiger partial charge < -0.3 is 10.0 Å². The molecule has 0 radical (unpaired) electrons. The fraction of sp³-hybridized carbons (Fsp3) is 0.412. The highest BCUT2D eigenvalue weighted by Crippen LogP contribution is 2.14. The standard InChI is InChI=1S/C17H22N4O/c22-16-6-1-4-15(14-16)5-2-9-20-10-12-21(13-11-20)17-18-7-3-8-19-17/h1,3-4,6-8,14,22H,2,5,9-13H2. The molecule has 0 aliphatic carbocycles. The summed E-state index contributed by atoms with van der Waals surface area (Å²) in [7, 11) is 0. The molecule has 1 aromatic heterocycles. The van der Waals surface area contributed by atoms with Gasteiger partial charge in [-0.15, -0.1) is 0 Å². The normalized spacial score (nSPS) is 15.9. The van der Waals surface area contributed by atoms with Gasteiger partial charge in [-0.3, -0.25) is 4.90 Å². The predicted octanol–water partition coefficient (Wildman–Crippen LogP) is 1.94. The molecule has 1 saturated heterocycles. The van der Waals surface area contributed by atoms with Crippen LogP contribution in [0, 0.1) is 0 Å². The van der Waals surface area contributed by atoms with E-state index in [4.69, 9.17) is 0 Å². The molecule has 0 atom stereocenters. The monoisotopic (exact) mass is 298 g/mol. The number of aryl methyl sites for hydroxylation is 1. The number of aromatic nitrogens is 2. The minimum atomic E-state index is 0.356. The van der Waals surface area contributed by atoms with Crippen molar-refractivity contribution in [3.8, 4) is 5.75 Å². The number of phenolic OH excluding ortho intramolecular Hbond substituents is 1. The van der Waals surface area contributed by atoms with Crippen LogP contribution in [0.15, 0.2) is 42.7 Å². The lowest BCUT2D eigenvalue weighted by atomic mass is 10.1. The van der Waals surface area contributed by atoms with E-state index >= 15 is 0 Å². The van der Waals surface area contributed by atoms with Gasteiger partial charge >= 0.3 is 0 Å². The Labute approximate surface area is 131 Å². The highest BCUT2D eigenvalue weighted by Gasteiger charge is 2.18. The first-order valence-electron chi connectivity index (χ1n) is 7.83. The van der Waals surface area contributed by atoms with Gasteiger partial charge in [-0.05, 0) is 43.1 Å². The van der Waals surface area contributed by atoms with Crippen LogP contribution in [0.1, 0.15) is 12.0 Å². The molecule has 2 aromatic rings. The average molecular weight is 298 g/mol. The largest absolute Gasteiger partial charge is 0.508 e. The maximum absolute atomic E-state index is 9.47. The summed E-state index contributed by atoms with van der Waals surface area (Å²) in [6.45, 7) is 5.17. The fourth-order valence-corrected chi connectivity index (χ4v) is 2.84. The maximum Gasteiger partial charge on any atom is 0.225 e. The van der Waals surface area contributed by atoms with Crippen LogP contribution in [0.25, 0.3) is 0 Å². The van der Waals surface area contributed by atoms with E-state index in [2.05, 4.69) is 25.8 Å². The molecule has 3 rings (SSSR count). The smallest absolute Gasteiger partial charge is 0.225 e. The van der Waals surface area contributed by atoms with Crippen LogP contribution in [0.2, 0.25) is 0 Å². The van der Waals surface area contributed by atoms with Crippen molar-refractivity contribution in [2.75, 3.05) is 37.6 Å². The third-order valence-electron chi connectivity index (χ3n) is 4.06. The number of aromatic hydroxyl groups is 1.